The van der Waals surface area contributed by atoms with E-state index in [0.717, 1.165) is 19.4 Å². The number of ether oxygens (including phenoxy) is 2. The molecule has 1 aliphatic heterocycles. The minimum Gasteiger partial charge on any atom is -0.497 e. The summed E-state index contributed by atoms with van der Waals surface area (Å²) < 4.78 is 12.9. The lowest BCUT2D eigenvalue weighted by Crippen LogP contribution is -2.44. The molecule has 2 aromatic rings. The molecule has 2 heterocycles. The first kappa shape index (κ1) is 18.2. The third-order valence-electron chi connectivity index (χ3n) is 4.94. The number of carbonyl (C=O) groups excluding carboxylic acids is 1. The number of nitrogens with zero attached hydrogens (tertiary/aromatic N) is 2. The Balaban J connectivity index is 1.83. The van der Waals surface area contributed by atoms with Gasteiger partial charge in [-0.15, -0.1) is 0 Å². The SMILES string of the molecule is CCC[C@@H]1c2ccc(C)n2CCN1C(=O)Nc1cc(OC)cc(OC)c1. The highest BCUT2D eigenvalue weighted by Crippen LogP contribution is 2.32. The number of carbonyl (C=O) groups is 1. The van der Waals surface area contributed by atoms with E-state index in [1.54, 1.807) is 32.4 Å². The highest BCUT2D eigenvalue weighted by Gasteiger charge is 2.31. The van der Waals surface area contributed by atoms with E-state index in [4.69, 9.17) is 9.47 Å². The number of hydrogen-bond acceptors (Lipinski definition) is 3. The molecule has 0 radical (unpaired) electrons. The maximum Gasteiger partial charge on any atom is 0.322 e. The number of fused-ring (bicyclic) bond motifs is 1. The fourth-order valence-electron chi connectivity index (χ4n) is 3.60. The zero-order valence-corrected chi connectivity index (χ0v) is 15.9. The van der Waals surface area contributed by atoms with Crippen molar-refractivity contribution in [2.24, 2.45) is 0 Å². The molecule has 6 nitrogen and oxygen atoms in total. The molecular weight excluding hydrogens is 330 g/mol. The van der Waals surface area contributed by atoms with Crippen LogP contribution in [0, 0.1) is 6.92 Å². The van der Waals surface area contributed by atoms with E-state index >= 15 is 0 Å². The van der Waals surface area contributed by atoms with Gasteiger partial charge in [-0.1, -0.05) is 13.3 Å². The Labute approximate surface area is 154 Å². The van der Waals surface area contributed by atoms with Crippen LogP contribution in [0.25, 0.3) is 0 Å². The van der Waals surface area contributed by atoms with Gasteiger partial charge in [0.25, 0.3) is 0 Å². The van der Waals surface area contributed by atoms with E-state index in [1.165, 1.54) is 11.4 Å². The lowest BCUT2D eigenvalue weighted by Gasteiger charge is -2.37. The summed E-state index contributed by atoms with van der Waals surface area (Å²) in [5, 5.41) is 3.00. The molecule has 1 N–H and O–H groups in total. The molecule has 0 unspecified atom stereocenters. The predicted octanol–water partition coefficient (Wildman–Crippen LogP) is 4.20. The first-order valence-corrected chi connectivity index (χ1v) is 9.04. The van der Waals surface area contributed by atoms with Crippen LogP contribution in [0.3, 0.4) is 0 Å². The molecule has 6 heteroatoms. The molecule has 0 saturated carbocycles. The number of anilines is 1. The lowest BCUT2D eigenvalue weighted by molar-refractivity contribution is 0.162. The molecule has 2 amide bonds. The van der Waals surface area contributed by atoms with Crippen LogP contribution >= 0.6 is 0 Å². The van der Waals surface area contributed by atoms with Crippen molar-refractivity contribution < 1.29 is 14.3 Å². The Morgan fingerprint density at radius 2 is 1.85 bits per heavy atom. The second-order valence-corrected chi connectivity index (χ2v) is 6.58. The van der Waals surface area contributed by atoms with Gasteiger partial charge in [-0.25, -0.2) is 4.79 Å². The number of nitrogens with one attached hydrogen (secondary N) is 1. The Bertz CT molecular complexity index is 762. The van der Waals surface area contributed by atoms with Crippen LogP contribution in [0.15, 0.2) is 30.3 Å². The van der Waals surface area contributed by atoms with E-state index < -0.39 is 0 Å². The number of benzene rings is 1. The van der Waals surface area contributed by atoms with Crippen molar-refractivity contribution in [2.45, 2.75) is 39.3 Å². The third kappa shape index (κ3) is 3.49. The number of hydrogen-bond donors (Lipinski definition) is 1. The van der Waals surface area contributed by atoms with Crippen LogP contribution in [-0.4, -0.2) is 36.3 Å². The lowest BCUT2D eigenvalue weighted by atomic mass is 10.0. The summed E-state index contributed by atoms with van der Waals surface area (Å²) in [6.07, 6.45) is 1.96. The quantitative estimate of drug-likeness (QED) is 0.872. The van der Waals surface area contributed by atoms with E-state index in [2.05, 4.69) is 35.9 Å². The van der Waals surface area contributed by atoms with Gasteiger partial charge in [0, 0.05) is 48.4 Å². The number of aromatic nitrogens is 1. The zero-order chi connectivity index (χ0) is 18.7. The smallest absolute Gasteiger partial charge is 0.322 e. The van der Waals surface area contributed by atoms with Crippen molar-refractivity contribution in [1.82, 2.24) is 9.47 Å². The van der Waals surface area contributed by atoms with Gasteiger partial charge in [-0.3, -0.25) is 0 Å². The molecule has 0 aliphatic carbocycles. The molecular formula is C20H27N3O3. The van der Waals surface area contributed by atoms with Crippen LogP contribution < -0.4 is 14.8 Å². The monoisotopic (exact) mass is 357 g/mol. The highest BCUT2D eigenvalue weighted by atomic mass is 16.5. The minimum absolute atomic E-state index is 0.0925. The van der Waals surface area contributed by atoms with Crippen molar-refractivity contribution in [3.05, 3.63) is 41.7 Å². The average molecular weight is 357 g/mol. The van der Waals surface area contributed by atoms with E-state index in [-0.39, 0.29) is 12.1 Å². The molecule has 0 spiro atoms. The van der Waals surface area contributed by atoms with Crippen LogP contribution in [0.4, 0.5) is 10.5 Å². The number of urea groups is 1. The van der Waals surface area contributed by atoms with Crippen molar-refractivity contribution in [1.29, 1.82) is 0 Å². The summed E-state index contributed by atoms with van der Waals surface area (Å²) in [5.41, 5.74) is 3.13. The summed E-state index contributed by atoms with van der Waals surface area (Å²) >= 11 is 0. The molecule has 3 rings (SSSR count). The van der Waals surface area contributed by atoms with E-state index in [9.17, 15) is 4.79 Å². The molecule has 1 atom stereocenters. The largest absolute Gasteiger partial charge is 0.497 e. The average Bonchev–Trinajstić information content (AvgIpc) is 3.03. The topological polar surface area (TPSA) is 55.7 Å². The predicted molar refractivity (Wildman–Crippen MR) is 102 cm³/mol. The van der Waals surface area contributed by atoms with Gasteiger partial charge in [0.15, 0.2) is 0 Å². The van der Waals surface area contributed by atoms with Gasteiger partial charge >= 0.3 is 6.03 Å². The second kappa shape index (κ2) is 7.72. The van der Waals surface area contributed by atoms with Crippen molar-refractivity contribution in [3.8, 4) is 11.5 Å². The van der Waals surface area contributed by atoms with Crippen LogP contribution in [-0.2, 0) is 6.54 Å². The number of amides is 2. The summed E-state index contributed by atoms with van der Waals surface area (Å²) in [6, 6.07) is 9.65. The van der Waals surface area contributed by atoms with E-state index in [0.29, 0.717) is 23.7 Å². The molecule has 0 bridgehead atoms. The van der Waals surface area contributed by atoms with Crippen LogP contribution in [0.1, 0.15) is 37.2 Å². The number of rotatable bonds is 5. The Kier molecular flexibility index (Phi) is 5.40. The summed E-state index contributed by atoms with van der Waals surface area (Å²) in [7, 11) is 3.19. The molecule has 0 fully saturated rings. The Morgan fingerprint density at radius 1 is 1.15 bits per heavy atom. The van der Waals surface area contributed by atoms with Crippen LogP contribution in [0.2, 0.25) is 0 Å². The maximum atomic E-state index is 13.0. The van der Waals surface area contributed by atoms with Crippen molar-refractivity contribution in [3.63, 3.8) is 0 Å². The van der Waals surface area contributed by atoms with Gasteiger partial charge in [0.1, 0.15) is 11.5 Å². The first-order chi connectivity index (χ1) is 12.6. The summed E-state index contributed by atoms with van der Waals surface area (Å²) in [4.78, 5) is 14.9. The fourth-order valence-corrected chi connectivity index (χ4v) is 3.60. The number of methoxy groups -OCH3 is 2. The second-order valence-electron chi connectivity index (χ2n) is 6.58. The van der Waals surface area contributed by atoms with Crippen molar-refractivity contribution in [2.75, 3.05) is 26.1 Å². The van der Waals surface area contributed by atoms with Crippen LogP contribution in [0.5, 0.6) is 11.5 Å². The molecule has 1 aliphatic rings. The molecule has 26 heavy (non-hydrogen) atoms. The molecule has 0 saturated heterocycles. The fraction of sp³-hybridized carbons (Fsp3) is 0.450. The zero-order valence-electron chi connectivity index (χ0n) is 15.9. The minimum atomic E-state index is -0.0936. The molecule has 1 aromatic carbocycles. The van der Waals surface area contributed by atoms with Gasteiger partial charge < -0.3 is 24.3 Å². The third-order valence-corrected chi connectivity index (χ3v) is 4.94. The first-order valence-electron chi connectivity index (χ1n) is 9.04. The maximum absolute atomic E-state index is 13.0. The van der Waals surface area contributed by atoms with Crippen molar-refractivity contribution >= 4 is 11.7 Å². The van der Waals surface area contributed by atoms with Gasteiger partial charge in [0.2, 0.25) is 0 Å². The summed E-state index contributed by atoms with van der Waals surface area (Å²) in [6.45, 7) is 5.78. The summed E-state index contributed by atoms with van der Waals surface area (Å²) in [5.74, 6) is 1.29. The van der Waals surface area contributed by atoms with Gasteiger partial charge in [0.05, 0.1) is 20.3 Å². The Morgan fingerprint density at radius 3 is 2.46 bits per heavy atom. The molecule has 140 valence electrons. The van der Waals surface area contributed by atoms with Gasteiger partial charge in [-0.2, -0.15) is 0 Å². The highest BCUT2D eigenvalue weighted by molar-refractivity contribution is 5.90. The van der Waals surface area contributed by atoms with E-state index in [1.807, 2.05) is 4.90 Å². The Hall–Kier alpha value is -2.63. The molecule has 1 aromatic heterocycles. The van der Waals surface area contributed by atoms with Gasteiger partial charge in [-0.05, 0) is 25.5 Å². The number of aryl methyl sites for hydroxylation is 1. The standard InChI is InChI=1S/C20H27N3O3/c1-5-6-18-19-8-7-14(2)22(19)9-10-23(18)20(24)21-15-11-16(25-3)13-17(12-15)26-4/h7-8,11-13,18H,5-6,9-10H2,1-4H3,(H,21,24)/t18-/m1/s1. The normalized spacial score (nSPS) is 16.2.